The molecule has 1 heterocycles. The number of benzene rings is 4. The van der Waals surface area contributed by atoms with Crippen LogP contribution in [0.1, 0.15) is 5.56 Å². The van der Waals surface area contributed by atoms with Gasteiger partial charge in [-0.15, -0.1) is 0 Å². The summed E-state index contributed by atoms with van der Waals surface area (Å²) in [4.78, 5) is 26.5. The van der Waals surface area contributed by atoms with Gasteiger partial charge in [-0.3, -0.25) is 0 Å². The molecule has 0 radical (unpaired) electrons. The zero-order valence-corrected chi connectivity index (χ0v) is 17.0. The quantitative estimate of drug-likeness (QED) is 0.439. The third-order valence-electron chi connectivity index (χ3n) is 5.37. The molecule has 5 rings (SSSR count). The SMILES string of the molecule is O=C(O)[C@@H](Cc1ccc2ccccc2c1)OC(=O)N1c2ccccc2Oc2ccccc21. The van der Waals surface area contributed by atoms with E-state index in [-0.39, 0.29) is 6.42 Å². The van der Waals surface area contributed by atoms with Gasteiger partial charge in [0, 0.05) is 6.42 Å². The Labute approximate surface area is 184 Å². The molecule has 1 atom stereocenters. The zero-order chi connectivity index (χ0) is 22.1. The van der Waals surface area contributed by atoms with Crippen LogP contribution in [0.4, 0.5) is 16.2 Å². The number of carboxylic acid groups (broad SMARTS) is 1. The number of anilines is 2. The molecule has 1 aliphatic heterocycles. The Morgan fingerprint density at radius 2 is 1.41 bits per heavy atom. The lowest BCUT2D eigenvalue weighted by Crippen LogP contribution is -2.36. The van der Waals surface area contributed by atoms with Gasteiger partial charge in [-0.2, -0.15) is 0 Å². The minimum Gasteiger partial charge on any atom is -0.478 e. The lowest BCUT2D eigenvalue weighted by Gasteiger charge is -2.31. The van der Waals surface area contributed by atoms with Crippen molar-refractivity contribution < 1.29 is 24.2 Å². The maximum Gasteiger partial charge on any atom is 0.420 e. The Kier molecular flexibility index (Phi) is 4.95. The summed E-state index contributed by atoms with van der Waals surface area (Å²) in [7, 11) is 0. The predicted molar refractivity (Wildman–Crippen MR) is 121 cm³/mol. The van der Waals surface area contributed by atoms with Crippen LogP contribution in [0.5, 0.6) is 11.5 Å². The molecular formula is C26H19NO5. The number of aliphatic carboxylic acids is 1. The standard InChI is InChI=1S/C26H19NO5/c28-25(29)24(16-17-13-14-18-7-1-2-8-19(18)15-17)32-26(30)27-20-9-3-5-11-22(20)31-23-12-6-4-10-21(23)27/h1-15,24H,16H2,(H,28,29)/t24-/m1/s1. The molecule has 0 bridgehead atoms. The lowest BCUT2D eigenvalue weighted by atomic mass is 10.0. The number of para-hydroxylation sites is 4. The topological polar surface area (TPSA) is 76.1 Å². The van der Waals surface area contributed by atoms with Gasteiger partial charge < -0.3 is 14.6 Å². The molecule has 158 valence electrons. The second kappa shape index (κ2) is 8.07. The molecule has 0 saturated heterocycles. The normalized spacial score (nSPS) is 12.9. The van der Waals surface area contributed by atoms with Crippen molar-refractivity contribution in [1.29, 1.82) is 0 Å². The Bertz CT molecular complexity index is 1290. The van der Waals surface area contributed by atoms with Crippen LogP contribution in [0.15, 0.2) is 91.0 Å². The summed E-state index contributed by atoms with van der Waals surface area (Å²) in [5.41, 5.74) is 1.75. The largest absolute Gasteiger partial charge is 0.478 e. The monoisotopic (exact) mass is 425 g/mol. The molecule has 0 saturated carbocycles. The number of ether oxygens (including phenoxy) is 2. The van der Waals surface area contributed by atoms with Crippen LogP contribution in [0, 0.1) is 0 Å². The Balaban J connectivity index is 1.44. The number of carbonyl (C=O) groups excluding carboxylic acids is 1. The fraction of sp³-hybridized carbons (Fsp3) is 0.0769. The third kappa shape index (κ3) is 3.63. The smallest absolute Gasteiger partial charge is 0.420 e. The van der Waals surface area contributed by atoms with Crippen LogP contribution in [0.3, 0.4) is 0 Å². The first-order valence-corrected chi connectivity index (χ1v) is 10.2. The number of hydrogen-bond donors (Lipinski definition) is 1. The zero-order valence-electron chi connectivity index (χ0n) is 17.0. The minimum absolute atomic E-state index is 0.0551. The third-order valence-corrected chi connectivity index (χ3v) is 5.37. The van der Waals surface area contributed by atoms with E-state index in [4.69, 9.17) is 9.47 Å². The van der Waals surface area contributed by atoms with Gasteiger partial charge in [-0.25, -0.2) is 14.5 Å². The first-order chi connectivity index (χ1) is 15.6. The van der Waals surface area contributed by atoms with Crippen molar-refractivity contribution in [2.24, 2.45) is 0 Å². The van der Waals surface area contributed by atoms with E-state index < -0.39 is 18.2 Å². The van der Waals surface area contributed by atoms with E-state index >= 15 is 0 Å². The first-order valence-electron chi connectivity index (χ1n) is 10.2. The first kappa shape index (κ1) is 19.6. The van der Waals surface area contributed by atoms with Gasteiger partial charge in [0.15, 0.2) is 11.5 Å². The van der Waals surface area contributed by atoms with Gasteiger partial charge in [0.2, 0.25) is 6.10 Å². The highest BCUT2D eigenvalue weighted by molar-refractivity contribution is 6.01. The maximum absolute atomic E-state index is 13.2. The molecule has 0 unspecified atom stereocenters. The van der Waals surface area contributed by atoms with E-state index in [1.54, 1.807) is 48.5 Å². The van der Waals surface area contributed by atoms with E-state index in [1.165, 1.54) is 4.90 Å². The molecular weight excluding hydrogens is 406 g/mol. The summed E-state index contributed by atoms with van der Waals surface area (Å²) >= 11 is 0. The molecule has 0 fully saturated rings. The van der Waals surface area contributed by atoms with Crippen molar-refractivity contribution in [1.82, 2.24) is 0 Å². The highest BCUT2D eigenvalue weighted by atomic mass is 16.6. The predicted octanol–water partition coefficient (Wildman–Crippen LogP) is 5.92. The van der Waals surface area contributed by atoms with Crippen molar-refractivity contribution >= 4 is 34.2 Å². The van der Waals surface area contributed by atoms with Gasteiger partial charge in [-0.1, -0.05) is 66.7 Å². The number of carboxylic acids is 1. The van der Waals surface area contributed by atoms with Crippen molar-refractivity contribution in [3.8, 4) is 11.5 Å². The van der Waals surface area contributed by atoms with Crippen molar-refractivity contribution in [2.75, 3.05) is 4.90 Å². The van der Waals surface area contributed by atoms with E-state index in [2.05, 4.69) is 0 Å². The fourth-order valence-corrected chi connectivity index (χ4v) is 3.83. The second-order valence-electron chi connectivity index (χ2n) is 7.47. The fourth-order valence-electron chi connectivity index (χ4n) is 3.83. The van der Waals surface area contributed by atoms with Gasteiger partial charge in [0.05, 0.1) is 11.4 Å². The van der Waals surface area contributed by atoms with E-state index in [9.17, 15) is 14.7 Å². The number of fused-ring (bicyclic) bond motifs is 3. The number of rotatable bonds is 4. The van der Waals surface area contributed by atoms with Crippen LogP contribution < -0.4 is 9.64 Å². The van der Waals surface area contributed by atoms with Crippen LogP contribution >= 0.6 is 0 Å². The summed E-state index contributed by atoms with van der Waals surface area (Å²) in [6.45, 7) is 0. The van der Waals surface area contributed by atoms with Crippen LogP contribution in [0.25, 0.3) is 10.8 Å². The number of amides is 1. The van der Waals surface area contributed by atoms with Crippen molar-refractivity contribution in [3.63, 3.8) is 0 Å². The van der Waals surface area contributed by atoms with E-state index in [0.29, 0.717) is 22.9 Å². The molecule has 1 aliphatic rings. The van der Waals surface area contributed by atoms with Crippen LogP contribution in [-0.4, -0.2) is 23.3 Å². The lowest BCUT2D eigenvalue weighted by molar-refractivity contribution is -0.146. The highest BCUT2D eigenvalue weighted by Gasteiger charge is 2.33. The Hall–Kier alpha value is -4.32. The molecule has 4 aromatic carbocycles. The number of nitrogens with zero attached hydrogens (tertiary/aromatic N) is 1. The van der Waals surface area contributed by atoms with Gasteiger partial charge in [0.1, 0.15) is 0 Å². The molecule has 6 heteroatoms. The van der Waals surface area contributed by atoms with Crippen molar-refractivity contribution in [2.45, 2.75) is 12.5 Å². The summed E-state index contributed by atoms with van der Waals surface area (Å²) in [6, 6.07) is 27.6. The molecule has 6 nitrogen and oxygen atoms in total. The van der Waals surface area contributed by atoms with E-state index in [1.807, 2.05) is 42.5 Å². The molecule has 1 N–H and O–H groups in total. The summed E-state index contributed by atoms with van der Waals surface area (Å²) in [6.07, 6.45) is -2.06. The average Bonchev–Trinajstić information content (AvgIpc) is 2.81. The maximum atomic E-state index is 13.2. The van der Waals surface area contributed by atoms with Gasteiger partial charge >= 0.3 is 12.1 Å². The summed E-state index contributed by atoms with van der Waals surface area (Å²) in [5, 5.41) is 11.8. The molecule has 0 spiro atoms. The van der Waals surface area contributed by atoms with Crippen LogP contribution in [-0.2, 0) is 16.0 Å². The molecule has 0 aliphatic carbocycles. The van der Waals surface area contributed by atoms with Crippen LogP contribution in [0.2, 0.25) is 0 Å². The molecule has 4 aromatic rings. The Morgan fingerprint density at radius 3 is 2.06 bits per heavy atom. The molecule has 1 amide bonds. The van der Waals surface area contributed by atoms with Gasteiger partial charge in [-0.05, 0) is 40.6 Å². The van der Waals surface area contributed by atoms with Crippen molar-refractivity contribution in [3.05, 3.63) is 96.6 Å². The second-order valence-corrected chi connectivity index (χ2v) is 7.47. The summed E-state index contributed by atoms with van der Waals surface area (Å²) in [5.74, 6) is -0.226. The molecule has 0 aromatic heterocycles. The molecule has 32 heavy (non-hydrogen) atoms. The van der Waals surface area contributed by atoms with E-state index in [0.717, 1.165) is 16.3 Å². The average molecular weight is 425 g/mol. The van der Waals surface area contributed by atoms with Gasteiger partial charge in [0.25, 0.3) is 0 Å². The minimum atomic E-state index is -1.34. The highest BCUT2D eigenvalue weighted by Crippen LogP contribution is 2.46. The Morgan fingerprint density at radius 1 is 0.812 bits per heavy atom. The number of hydrogen-bond acceptors (Lipinski definition) is 4. The summed E-state index contributed by atoms with van der Waals surface area (Å²) < 4.78 is 11.4. The number of carbonyl (C=O) groups is 2.